The summed E-state index contributed by atoms with van der Waals surface area (Å²) in [4.78, 5) is 19.2. The second-order valence-corrected chi connectivity index (χ2v) is 10.8. The molecule has 0 aromatic carbocycles. The Balaban J connectivity index is -0.000000190. The Hall–Kier alpha value is -0.710. The number of nitrogens with zero attached hydrogens (tertiary/aromatic N) is 2. The molecule has 0 saturated heterocycles. The Kier molecular flexibility index (Phi) is 24.9. The first-order valence-corrected chi connectivity index (χ1v) is 13.3. The lowest BCUT2D eigenvalue weighted by atomic mass is 10.4. The number of rotatable bonds is 13. The van der Waals surface area contributed by atoms with Gasteiger partial charge in [-0.05, 0) is 20.9 Å². The number of ether oxygens (including phenoxy) is 2. The second kappa shape index (κ2) is 22.5. The van der Waals surface area contributed by atoms with E-state index >= 15 is 0 Å². The number of likely N-dealkylation sites (N-methyl/N-ethyl adjacent to an activating group) is 2. The first kappa shape index (κ1) is 38.8. The van der Waals surface area contributed by atoms with Crippen molar-refractivity contribution >= 4 is 24.2 Å². The summed E-state index contributed by atoms with van der Waals surface area (Å²) in [7, 11) is 7.85. The van der Waals surface area contributed by atoms with Crippen LogP contribution in [0.4, 0.5) is 0 Å². The summed E-state index contributed by atoms with van der Waals surface area (Å²) in [5, 5.41) is 2.48. The van der Waals surface area contributed by atoms with E-state index in [0.29, 0.717) is 22.5 Å². The SMILES string of the molecule is CCOP(=O)(O)OC.CC[N+](C)(C)CC(=O)OC.CNCOS(=O)(=O)OC.[2H]C[N+](C)(C)CCOC. The number of hydrogen-bond acceptors (Lipinski definition) is 11. The maximum atomic E-state index is 10.7. The molecule has 216 valence electrons. The monoisotopic (exact) mass is 560 g/mol. The third kappa shape index (κ3) is 38.0. The highest BCUT2D eigenvalue weighted by molar-refractivity contribution is 7.81. The van der Waals surface area contributed by atoms with Crippen LogP contribution in [0.25, 0.3) is 0 Å². The highest BCUT2D eigenvalue weighted by Gasteiger charge is 2.17. The number of methoxy groups -OCH3 is 2. The number of quaternary nitrogens is 2. The topological polar surface area (TPSA) is 156 Å². The molecular formula is C19H50N3O11PS+2. The van der Waals surface area contributed by atoms with Gasteiger partial charge in [-0.2, -0.15) is 8.42 Å². The number of esters is 1. The summed E-state index contributed by atoms with van der Waals surface area (Å²) in [6.07, 6.45) is 0. The van der Waals surface area contributed by atoms with Crippen LogP contribution in [0.15, 0.2) is 0 Å². The van der Waals surface area contributed by atoms with E-state index in [0.717, 1.165) is 33.9 Å². The fraction of sp³-hybridized carbons (Fsp3) is 0.947. The fourth-order valence-electron chi connectivity index (χ4n) is 1.26. The lowest BCUT2D eigenvalue weighted by Crippen LogP contribution is -2.43. The van der Waals surface area contributed by atoms with Crippen molar-refractivity contribution in [1.29, 1.82) is 0 Å². The Bertz CT molecular complexity index is 684. The number of hydrogen-bond donors (Lipinski definition) is 2. The molecule has 0 amide bonds. The first-order valence-electron chi connectivity index (χ1n) is 11.2. The van der Waals surface area contributed by atoms with Gasteiger partial charge in [-0.1, -0.05) is 0 Å². The molecule has 2 N–H and O–H groups in total. The third-order valence-corrected chi connectivity index (χ3v) is 5.48. The number of phosphoric acid groups is 1. The minimum absolute atomic E-state index is 0.0732. The summed E-state index contributed by atoms with van der Waals surface area (Å²) in [6.45, 7) is 6.82. The van der Waals surface area contributed by atoms with Crippen LogP contribution in [0.2, 0.25) is 0 Å². The molecule has 0 aromatic rings. The van der Waals surface area contributed by atoms with Crippen LogP contribution in [0.1, 0.15) is 15.2 Å². The minimum Gasteiger partial charge on any atom is -0.465 e. The van der Waals surface area contributed by atoms with Crippen molar-refractivity contribution < 1.29 is 59.9 Å². The average Bonchev–Trinajstić information content (AvgIpc) is 2.82. The van der Waals surface area contributed by atoms with Crippen LogP contribution in [0.3, 0.4) is 0 Å². The van der Waals surface area contributed by atoms with Gasteiger partial charge in [-0.15, -0.1) is 0 Å². The maximum absolute atomic E-state index is 10.7. The number of carbonyl (C=O) groups is 1. The first-order chi connectivity index (χ1) is 16.4. The van der Waals surface area contributed by atoms with Gasteiger partial charge in [0.25, 0.3) is 0 Å². The molecule has 16 heteroatoms. The number of carbonyl (C=O) groups excluding carboxylic acids is 1. The minimum atomic E-state index is -3.74. The molecular weight excluding hydrogens is 509 g/mol. The lowest BCUT2D eigenvalue weighted by molar-refractivity contribution is -0.881. The van der Waals surface area contributed by atoms with Crippen molar-refractivity contribution in [3.63, 3.8) is 0 Å². The molecule has 0 saturated carbocycles. The Labute approximate surface area is 213 Å². The van der Waals surface area contributed by atoms with Gasteiger partial charge in [0.05, 0.1) is 70.6 Å². The van der Waals surface area contributed by atoms with Crippen LogP contribution in [0, 0.1) is 0 Å². The zero-order valence-electron chi connectivity index (χ0n) is 24.2. The molecule has 0 rings (SSSR count). The molecule has 0 aliphatic rings. The lowest BCUT2D eigenvalue weighted by Gasteiger charge is -2.26. The van der Waals surface area contributed by atoms with Gasteiger partial charge >= 0.3 is 24.2 Å². The van der Waals surface area contributed by atoms with Gasteiger partial charge in [0.1, 0.15) is 13.3 Å². The van der Waals surface area contributed by atoms with Gasteiger partial charge in [0, 0.05) is 14.2 Å². The number of phosphoric ester groups is 1. The van der Waals surface area contributed by atoms with E-state index in [-0.39, 0.29) is 19.3 Å². The van der Waals surface area contributed by atoms with Crippen molar-refractivity contribution in [3.8, 4) is 0 Å². The maximum Gasteiger partial charge on any atom is 0.471 e. The zero-order valence-corrected chi connectivity index (χ0v) is 24.9. The average molecular weight is 561 g/mol. The van der Waals surface area contributed by atoms with E-state index in [1.54, 1.807) is 21.1 Å². The Morgan fingerprint density at radius 2 is 1.66 bits per heavy atom. The quantitative estimate of drug-likeness (QED) is 0.139. The molecule has 0 aliphatic heterocycles. The molecule has 0 heterocycles. The van der Waals surface area contributed by atoms with Gasteiger partial charge in [0.2, 0.25) is 0 Å². The predicted molar refractivity (Wildman–Crippen MR) is 134 cm³/mol. The summed E-state index contributed by atoms with van der Waals surface area (Å²) in [5.41, 5.74) is 0. The van der Waals surface area contributed by atoms with Crippen molar-refractivity contribution in [2.24, 2.45) is 0 Å². The highest BCUT2D eigenvalue weighted by atomic mass is 32.3. The van der Waals surface area contributed by atoms with Gasteiger partial charge in [-0.3, -0.25) is 18.5 Å². The van der Waals surface area contributed by atoms with Crippen LogP contribution in [-0.4, -0.2) is 139 Å². The van der Waals surface area contributed by atoms with Crippen molar-refractivity contribution in [2.75, 3.05) is 110 Å². The summed E-state index contributed by atoms with van der Waals surface area (Å²) >= 11 is 0. The molecule has 0 aliphatic carbocycles. The smallest absolute Gasteiger partial charge is 0.465 e. The van der Waals surface area contributed by atoms with Crippen LogP contribution in [0.5, 0.6) is 0 Å². The Morgan fingerprint density at radius 3 is 1.94 bits per heavy atom. The predicted octanol–water partition coefficient (Wildman–Crippen LogP) is 0.436. The van der Waals surface area contributed by atoms with E-state index in [1.165, 1.54) is 7.11 Å². The van der Waals surface area contributed by atoms with Gasteiger partial charge in [-0.25, -0.2) is 13.5 Å². The molecule has 0 aromatic heterocycles. The molecule has 0 bridgehead atoms. The molecule has 35 heavy (non-hydrogen) atoms. The largest absolute Gasteiger partial charge is 0.471 e. The van der Waals surface area contributed by atoms with E-state index < -0.39 is 18.2 Å². The number of nitrogens with one attached hydrogen (secondary N) is 1. The fourth-order valence-corrected chi connectivity index (χ4v) is 2.05. The van der Waals surface area contributed by atoms with Gasteiger partial charge < -0.3 is 23.3 Å². The molecule has 0 radical (unpaired) electrons. The van der Waals surface area contributed by atoms with Crippen LogP contribution < -0.4 is 5.32 Å². The standard InChI is InChI=1S/C7H16NO2.C6H16NO.C3H9NO4S.C3H9O4P/c1-5-8(2,3)6-7(9)10-4;1-7(2,3)5-6-8-4;1-4-3-8-9(5,6)7-2;1-3-7-8(4,5)6-2/h5-6H2,1-4H3;5-6H2,1-4H3;4H,3H2,1-2H3;3H2,1-2H3,(H,4,5)/q2*+1;;/i;1D;;. The Morgan fingerprint density at radius 1 is 1.11 bits per heavy atom. The molecule has 0 fully saturated rings. The van der Waals surface area contributed by atoms with Crippen molar-refractivity contribution in [2.45, 2.75) is 13.8 Å². The van der Waals surface area contributed by atoms with Crippen LogP contribution >= 0.6 is 7.82 Å². The molecule has 0 spiro atoms. The highest BCUT2D eigenvalue weighted by Crippen LogP contribution is 2.41. The zero-order chi connectivity index (χ0) is 29.5. The summed E-state index contributed by atoms with van der Waals surface area (Å²) < 4.78 is 65.2. The third-order valence-electron chi connectivity index (χ3n) is 3.62. The van der Waals surface area contributed by atoms with E-state index in [2.05, 4.69) is 27.5 Å². The van der Waals surface area contributed by atoms with E-state index in [4.69, 9.17) is 11.0 Å². The summed E-state index contributed by atoms with van der Waals surface area (Å²) in [5.74, 6) is -0.146. The normalized spacial score (nSPS) is 13.4. The summed E-state index contributed by atoms with van der Waals surface area (Å²) in [6, 6.07) is 0. The molecule has 14 nitrogen and oxygen atoms in total. The van der Waals surface area contributed by atoms with Crippen molar-refractivity contribution in [1.82, 2.24) is 5.32 Å². The van der Waals surface area contributed by atoms with Gasteiger partial charge in [0.15, 0.2) is 6.54 Å². The molecule has 1 unspecified atom stereocenters. The van der Waals surface area contributed by atoms with Crippen molar-refractivity contribution in [3.05, 3.63) is 0 Å². The van der Waals surface area contributed by atoms with E-state index in [1.807, 2.05) is 35.1 Å². The second-order valence-electron chi connectivity index (χ2n) is 7.90. The molecule has 1 atom stereocenters. The van der Waals surface area contributed by atoms with E-state index in [9.17, 15) is 17.8 Å². The van der Waals surface area contributed by atoms with Crippen LogP contribution in [-0.2, 0) is 46.6 Å².